The molecule has 0 radical (unpaired) electrons. The summed E-state index contributed by atoms with van der Waals surface area (Å²) in [5, 5.41) is 1.75. The van der Waals surface area contributed by atoms with E-state index in [4.69, 9.17) is 4.74 Å². The van der Waals surface area contributed by atoms with Crippen molar-refractivity contribution < 1.29 is 32.3 Å². The molecule has 2 aromatic rings. The number of alkyl halides is 3. The van der Waals surface area contributed by atoms with Gasteiger partial charge < -0.3 is 9.64 Å². The summed E-state index contributed by atoms with van der Waals surface area (Å²) in [5.41, 5.74) is -0.461. The van der Waals surface area contributed by atoms with Crippen molar-refractivity contribution in [1.29, 1.82) is 0 Å². The Balaban J connectivity index is 1.67. The SMILES string of the molecule is CCC(=O)N1CCCC(C(=O)OCc2csc(N(C(C)=O)c3cccc(C(F)(F)F)c3)n2)C1. The van der Waals surface area contributed by atoms with Crippen molar-refractivity contribution >= 4 is 39.9 Å². The third-order valence-corrected chi connectivity index (χ3v) is 6.12. The summed E-state index contributed by atoms with van der Waals surface area (Å²) in [6, 6.07) is 4.43. The number of likely N-dealkylation sites (tertiary alicyclic amines) is 1. The van der Waals surface area contributed by atoms with Crippen LogP contribution in [-0.4, -0.2) is 40.8 Å². The average molecular weight is 484 g/mol. The zero-order valence-corrected chi connectivity index (χ0v) is 19.0. The summed E-state index contributed by atoms with van der Waals surface area (Å²) < 4.78 is 44.6. The summed E-state index contributed by atoms with van der Waals surface area (Å²) in [5.74, 6) is -1.35. The Bertz CT molecular complexity index is 1020. The Morgan fingerprint density at radius 1 is 1.30 bits per heavy atom. The molecular formula is C22H24F3N3O4S. The molecular weight excluding hydrogens is 459 g/mol. The molecule has 0 N–H and O–H groups in total. The first-order chi connectivity index (χ1) is 15.6. The molecule has 0 bridgehead atoms. The van der Waals surface area contributed by atoms with E-state index in [0.29, 0.717) is 31.6 Å². The highest BCUT2D eigenvalue weighted by Gasteiger charge is 2.32. The minimum absolute atomic E-state index is 0.00411. The van der Waals surface area contributed by atoms with Crippen molar-refractivity contribution in [2.24, 2.45) is 5.92 Å². The molecule has 0 spiro atoms. The number of ether oxygens (including phenoxy) is 1. The first-order valence-corrected chi connectivity index (χ1v) is 11.3. The van der Waals surface area contributed by atoms with Crippen LogP contribution in [0, 0.1) is 5.92 Å². The summed E-state index contributed by atoms with van der Waals surface area (Å²) >= 11 is 1.06. The fourth-order valence-corrected chi connectivity index (χ4v) is 4.47. The third kappa shape index (κ3) is 6.10. The minimum Gasteiger partial charge on any atom is -0.459 e. The lowest BCUT2D eigenvalue weighted by molar-refractivity contribution is -0.153. The molecule has 0 saturated carbocycles. The predicted molar refractivity (Wildman–Crippen MR) is 116 cm³/mol. The molecule has 1 unspecified atom stereocenters. The lowest BCUT2D eigenvalue weighted by atomic mass is 9.98. The number of nitrogens with zero attached hydrogens (tertiary/aromatic N) is 3. The number of hydrogen-bond donors (Lipinski definition) is 0. The number of esters is 1. The number of anilines is 2. The van der Waals surface area contributed by atoms with E-state index in [2.05, 4.69) is 4.98 Å². The number of aromatic nitrogens is 1. The topological polar surface area (TPSA) is 79.8 Å². The molecule has 0 aliphatic carbocycles. The fourth-order valence-electron chi connectivity index (χ4n) is 3.60. The quantitative estimate of drug-likeness (QED) is 0.564. The number of rotatable bonds is 6. The molecule has 1 aliphatic heterocycles. The highest BCUT2D eigenvalue weighted by atomic mass is 32.1. The van der Waals surface area contributed by atoms with E-state index in [1.165, 1.54) is 19.1 Å². The van der Waals surface area contributed by atoms with E-state index in [1.807, 2.05) is 0 Å². The molecule has 7 nitrogen and oxygen atoms in total. The fraction of sp³-hybridized carbons (Fsp3) is 0.455. The van der Waals surface area contributed by atoms with Gasteiger partial charge in [0.05, 0.1) is 22.9 Å². The maximum Gasteiger partial charge on any atom is 0.416 e. The summed E-state index contributed by atoms with van der Waals surface area (Å²) in [6.45, 7) is 3.81. The predicted octanol–water partition coefficient (Wildman–Crippen LogP) is 4.54. The van der Waals surface area contributed by atoms with Crippen molar-refractivity contribution in [3.05, 3.63) is 40.9 Å². The molecule has 2 heterocycles. The smallest absolute Gasteiger partial charge is 0.416 e. The largest absolute Gasteiger partial charge is 0.459 e. The molecule has 1 saturated heterocycles. The number of hydrogen-bond acceptors (Lipinski definition) is 6. The summed E-state index contributed by atoms with van der Waals surface area (Å²) in [6.07, 6.45) is -2.82. The Hall–Kier alpha value is -2.95. The second kappa shape index (κ2) is 10.3. The molecule has 3 rings (SSSR count). The van der Waals surface area contributed by atoms with Gasteiger partial charge in [-0.15, -0.1) is 11.3 Å². The maximum atomic E-state index is 13.1. The van der Waals surface area contributed by atoms with Crippen LogP contribution in [0.5, 0.6) is 0 Å². The van der Waals surface area contributed by atoms with Gasteiger partial charge in [0.1, 0.15) is 6.61 Å². The first kappa shape index (κ1) is 24.7. The molecule has 178 valence electrons. The van der Waals surface area contributed by atoms with Crippen LogP contribution in [0.1, 0.15) is 44.4 Å². The van der Waals surface area contributed by atoms with Crippen molar-refractivity contribution in [3.63, 3.8) is 0 Å². The average Bonchev–Trinajstić information content (AvgIpc) is 3.24. The third-order valence-electron chi connectivity index (χ3n) is 5.25. The van der Waals surface area contributed by atoms with Gasteiger partial charge in [0, 0.05) is 31.8 Å². The summed E-state index contributed by atoms with van der Waals surface area (Å²) in [4.78, 5) is 43.6. The van der Waals surface area contributed by atoms with Crippen molar-refractivity contribution in [2.45, 2.75) is 45.9 Å². The van der Waals surface area contributed by atoms with Crippen LogP contribution in [0.4, 0.5) is 24.0 Å². The molecule has 1 aliphatic rings. The normalized spacial score (nSPS) is 16.4. The van der Waals surface area contributed by atoms with Gasteiger partial charge >= 0.3 is 12.1 Å². The van der Waals surface area contributed by atoms with Crippen LogP contribution < -0.4 is 4.90 Å². The standard InChI is InChI=1S/C22H24F3N3O4S/c1-3-19(30)27-9-5-6-15(11-27)20(31)32-12-17-13-33-21(26-17)28(14(2)29)18-8-4-7-16(10-18)22(23,24)25/h4,7-8,10,13,15H,3,5-6,9,11-12H2,1-2H3. The van der Waals surface area contributed by atoms with E-state index in [-0.39, 0.29) is 23.3 Å². The minimum atomic E-state index is -4.54. The number of amides is 2. The van der Waals surface area contributed by atoms with Gasteiger partial charge in [-0.25, -0.2) is 4.98 Å². The lowest BCUT2D eigenvalue weighted by Crippen LogP contribution is -2.42. The molecule has 1 aromatic carbocycles. The lowest BCUT2D eigenvalue weighted by Gasteiger charge is -2.31. The molecule has 11 heteroatoms. The van der Waals surface area contributed by atoms with Gasteiger partial charge in [0.15, 0.2) is 5.13 Å². The second-order valence-electron chi connectivity index (χ2n) is 7.66. The van der Waals surface area contributed by atoms with Gasteiger partial charge in [-0.1, -0.05) is 13.0 Å². The van der Waals surface area contributed by atoms with Crippen LogP contribution in [0.25, 0.3) is 0 Å². The van der Waals surface area contributed by atoms with Gasteiger partial charge in [-0.05, 0) is 31.0 Å². The van der Waals surface area contributed by atoms with Crippen molar-refractivity contribution in [2.75, 3.05) is 18.0 Å². The number of thiazole rings is 1. The van der Waals surface area contributed by atoms with Crippen LogP contribution in [0.2, 0.25) is 0 Å². The van der Waals surface area contributed by atoms with Gasteiger partial charge in [-0.3, -0.25) is 19.3 Å². The maximum absolute atomic E-state index is 13.1. The van der Waals surface area contributed by atoms with Crippen molar-refractivity contribution in [1.82, 2.24) is 9.88 Å². The molecule has 1 fully saturated rings. The van der Waals surface area contributed by atoms with Crippen LogP contribution in [0.3, 0.4) is 0 Å². The van der Waals surface area contributed by atoms with E-state index in [1.54, 1.807) is 17.2 Å². The Morgan fingerprint density at radius 2 is 2.06 bits per heavy atom. The summed E-state index contributed by atoms with van der Waals surface area (Å²) in [7, 11) is 0. The van der Waals surface area contributed by atoms with Crippen LogP contribution in [-0.2, 0) is 31.9 Å². The van der Waals surface area contributed by atoms with E-state index < -0.39 is 29.5 Å². The molecule has 1 atom stereocenters. The van der Waals surface area contributed by atoms with E-state index in [0.717, 1.165) is 34.8 Å². The second-order valence-corrected chi connectivity index (χ2v) is 8.50. The van der Waals surface area contributed by atoms with Gasteiger partial charge in [-0.2, -0.15) is 13.2 Å². The Kier molecular flexibility index (Phi) is 7.72. The first-order valence-electron chi connectivity index (χ1n) is 10.5. The van der Waals surface area contributed by atoms with Crippen LogP contribution >= 0.6 is 11.3 Å². The monoisotopic (exact) mass is 483 g/mol. The van der Waals surface area contributed by atoms with Gasteiger partial charge in [0.25, 0.3) is 0 Å². The highest BCUT2D eigenvalue weighted by molar-refractivity contribution is 7.14. The molecule has 2 amide bonds. The molecule has 33 heavy (non-hydrogen) atoms. The van der Waals surface area contributed by atoms with Crippen molar-refractivity contribution in [3.8, 4) is 0 Å². The van der Waals surface area contributed by atoms with Crippen LogP contribution in [0.15, 0.2) is 29.6 Å². The molecule has 1 aromatic heterocycles. The highest BCUT2D eigenvalue weighted by Crippen LogP contribution is 2.35. The number of carbonyl (C=O) groups is 3. The zero-order valence-electron chi connectivity index (χ0n) is 18.2. The number of benzene rings is 1. The van der Waals surface area contributed by atoms with E-state index in [9.17, 15) is 27.6 Å². The number of carbonyl (C=O) groups excluding carboxylic acids is 3. The Labute approximate surface area is 193 Å². The Morgan fingerprint density at radius 3 is 2.73 bits per heavy atom. The number of halogens is 3. The van der Waals surface area contributed by atoms with E-state index >= 15 is 0 Å². The number of piperidine rings is 1. The zero-order chi connectivity index (χ0) is 24.2. The van der Waals surface area contributed by atoms with Gasteiger partial charge in [0.2, 0.25) is 11.8 Å².